The predicted molar refractivity (Wildman–Crippen MR) is 65.0 cm³/mol. The summed E-state index contributed by atoms with van der Waals surface area (Å²) >= 11 is 0. The highest BCUT2D eigenvalue weighted by Gasteiger charge is 2.22. The van der Waals surface area contributed by atoms with E-state index in [1.54, 1.807) is 25.1 Å². The molecule has 0 radical (unpaired) electrons. The molecule has 1 aromatic carbocycles. The van der Waals surface area contributed by atoms with Gasteiger partial charge in [0.15, 0.2) is 0 Å². The summed E-state index contributed by atoms with van der Waals surface area (Å²) in [6.45, 7) is 4.02. The first kappa shape index (κ1) is 12.6. The maximum atomic E-state index is 12.3. The van der Waals surface area contributed by atoms with Crippen LogP contribution in [0.3, 0.4) is 0 Å². The van der Waals surface area contributed by atoms with Crippen molar-refractivity contribution in [2.45, 2.75) is 18.7 Å². The van der Waals surface area contributed by atoms with E-state index in [1.807, 2.05) is 6.92 Å². The Morgan fingerprint density at radius 3 is 2.56 bits per heavy atom. The van der Waals surface area contributed by atoms with E-state index in [-0.39, 0.29) is 4.90 Å². The SMILES string of the molecule is CCOc1ccc(C)cc1S(=O)(=O)n1cnnc1. The molecule has 6 nitrogen and oxygen atoms in total. The zero-order valence-electron chi connectivity index (χ0n) is 10.1. The Kier molecular flexibility index (Phi) is 3.33. The van der Waals surface area contributed by atoms with E-state index < -0.39 is 10.0 Å². The first-order chi connectivity index (χ1) is 8.55. The molecule has 0 aliphatic rings. The largest absolute Gasteiger partial charge is 0.492 e. The summed E-state index contributed by atoms with van der Waals surface area (Å²) in [6, 6.07) is 5.02. The fourth-order valence-electron chi connectivity index (χ4n) is 1.52. The van der Waals surface area contributed by atoms with Crippen molar-refractivity contribution in [3.05, 3.63) is 36.4 Å². The number of benzene rings is 1. The van der Waals surface area contributed by atoms with Gasteiger partial charge in [-0.25, -0.2) is 12.4 Å². The zero-order chi connectivity index (χ0) is 13.2. The molecule has 0 saturated heterocycles. The number of hydrogen-bond acceptors (Lipinski definition) is 5. The lowest BCUT2D eigenvalue weighted by atomic mass is 10.2. The highest BCUT2D eigenvalue weighted by molar-refractivity contribution is 7.90. The summed E-state index contributed by atoms with van der Waals surface area (Å²) in [5.41, 5.74) is 0.838. The van der Waals surface area contributed by atoms with Crippen LogP contribution in [0.25, 0.3) is 0 Å². The third kappa shape index (κ3) is 2.21. The molecule has 1 aromatic heterocycles. The van der Waals surface area contributed by atoms with Gasteiger partial charge in [-0.2, -0.15) is 0 Å². The summed E-state index contributed by atoms with van der Waals surface area (Å²) in [6.07, 6.45) is 2.29. The molecule has 0 N–H and O–H groups in total. The van der Waals surface area contributed by atoms with E-state index in [1.165, 1.54) is 0 Å². The minimum Gasteiger partial charge on any atom is -0.492 e. The van der Waals surface area contributed by atoms with Crippen molar-refractivity contribution in [3.63, 3.8) is 0 Å². The van der Waals surface area contributed by atoms with Crippen molar-refractivity contribution in [3.8, 4) is 5.75 Å². The smallest absolute Gasteiger partial charge is 0.273 e. The molecule has 7 heteroatoms. The minimum atomic E-state index is -3.70. The minimum absolute atomic E-state index is 0.115. The van der Waals surface area contributed by atoms with Gasteiger partial charge in [0.25, 0.3) is 10.0 Å². The molecule has 0 aliphatic heterocycles. The van der Waals surface area contributed by atoms with Crippen molar-refractivity contribution in [2.24, 2.45) is 0 Å². The van der Waals surface area contributed by atoms with Gasteiger partial charge < -0.3 is 4.74 Å². The highest BCUT2D eigenvalue weighted by atomic mass is 32.2. The van der Waals surface area contributed by atoms with Gasteiger partial charge in [-0.15, -0.1) is 10.2 Å². The van der Waals surface area contributed by atoms with Gasteiger partial charge in [0.1, 0.15) is 23.3 Å². The maximum Gasteiger partial charge on any atom is 0.273 e. The fraction of sp³-hybridized carbons (Fsp3) is 0.273. The molecule has 0 spiro atoms. The molecule has 2 aromatic rings. The Balaban J connectivity index is 2.59. The first-order valence-electron chi connectivity index (χ1n) is 5.39. The summed E-state index contributed by atoms with van der Waals surface area (Å²) in [4.78, 5) is 0.115. The van der Waals surface area contributed by atoms with Crippen molar-refractivity contribution in [1.82, 2.24) is 14.2 Å². The number of nitrogens with zero attached hydrogens (tertiary/aromatic N) is 3. The van der Waals surface area contributed by atoms with Crippen molar-refractivity contribution in [1.29, 1.82) is 0 Å². The average Bonchev–Trinajstić information content (AvgIpc) is 2.86. The van der Waals surface area contributed by atoms with E-state index in [0.29, 0.717) is 12.4 Å². The quantitative estimate of drug-likeness (QED) is 0.832. The van der Waals surface area contributed by atoms with Crippen LogP contribution >= 0.6 is 0 Å². The fourth-order valence-corrected chi connectivity index (χ4v) is 2.80. The Hall–Kier alpha value is -1.89. The highest BCUT2D eigenvalue weighted by Crippen LogP contribution is 2.26. The standard InChI is InChI=1S/C11H13N3O3S/c1-3-17-10-5-4-9(2)6-11(10)18(15,16)14-7-12-13-8-14/h4-8H,3H2,1-2H3. The van der Waals surface area contributed by atoms with E-state index in [2.05, 4.69) is 10.2 Å². The Bertz CT molecular complexity index is 636. The van der Waals surface area contributed by atoms with Gasteiger partial charge in [-0.3, -0.25) is 0 Å². The zero-order valence-corrected chi connectivity index (χ0v) is 10.9. The van der Waals surface area contributed by atoms with Gasteiger partial charge in [0.05, 0.1) is 6.61 Å². The van der Waals surface area contributed by atoms with Crippen molar-refractivity contribution >= 4 is 10.0 Å². The summed E-state index contributed by atoms with van der Waals surface area (Å²) in [7, 11) is -3.70. The van der Waals surface area contributed by atoms with Gasteiger partial charge >= 0.3 is 0 Å². The van der Waals surface area contributed by atoms with Crippen LogP contribution in [-0.2, 0) is 10.0 Å². The van der Waals surface area contributed by atoms with Crippen LogP contribution in [0.4, 0.5) is 0 Å². The topological polar surface area (TPSA) is 74.1 Å². The Morgan fingerprint density at radius 2 is 1.94 bits per heavy atom. The van der Waals surface area contributed by atoms with Gasteiger partial charge in [-0.1, -0.05) is 6.07 Å². The van der Waals surface area contributed by atoms with Crippen LogP contribution in [0, 0.1) is 6.92 Å². The van der Waals surface area contributed by atoms with Crippen molar-refractivity contribution < 1.29 is 13.2 Å². The van der Waals surface area contributed by atoms with Crippen molar-refractivity contribution in [2.75, 3.05) is 6.61 Å². The second-order valence-corrected chi connectivity index (χ2v) is 5.49. The lowest BCUT2D eigenvalue weighted by Crippen LogP contribution is -2.13. The summed E-state index contributed by atoms with van der Waals surface area (Å²) in [5.74, 6) is 0.330. The molecule has 0 amide bonds. The van der Waals surface area contributed by atoms with E-state index >= 15 is 0 Å². The molecule has 0 bridgehead atoms. The lowest BCUT2D eigenvalue weighted by molar-refractivity contribution is 0.331. The number of hydrogen-bond donors (Lipinski definition) is 0. The maximum absolute atomic E-state index is 12.3. The van der Waals surface area contributed by atoms with E-state index in [9.17, 15) is 8.42 Å². The molecule has 96 valence electrons. The second kappa shape index (κ2) is 4.77. The predicted octanol–water partition coefficient (Wildman–Crippen LogP) is 1.22. The summed E-state index contributed by atoms with van der Waals surface area (Å²) in [5, 5.41) is 7.01. The molecule has 0 aliphatic carbocycles. The molecular weight excluding hydrogens is 254 g/mol. The molecule has 2 rings (SSSR count). The molecule has 0 saturated carbocycles. The number of ether oxygens (including phenoxy) is 1. The monoisotopic (exact) mass is 267 g/mol. The van der Waals surface area contributed by atoms with Gasteiger partial charge in [-0.05, 0) is 31.5 Å². The molecule has 0 unspecified atom stereocenters. The van der Waals surface area contributed by atoms with Crippen LogP contribution in [0.2, 0.25) is 0 Å². The van der Waals surface area contributed by atoms with Gasteiger partial charge in [0, 0.05) is 0 Å². The van der Waals surface area contributed by atoms with E-state index in [0.717, 1.165) is 22.2 Å². The number of aryl methyl sites for hydroxylation is 1. The Labute approximate surface area is 105 Å². The van der Waals surface area contributed by atoms with E-state index in [4.69, 9.17) is 4.74 Å². The lowest BCUT2D eigenvalue weighted by Gasteiger charge is -2.11. The number of aromatic nitrogens is 3. The van der Waals surface area contributed by atoms with Crippen LogP contribution in [0.5, 0.6) is 5.75 Å². The molecule has 1 heterocycles. The number of rotatable bonds is 4. The summed E-state index contributed by atoms with van der Waals surface area (Å²) < 4.78 is 31.0. The van der Waals surface area contributed by atoms with Crippen LogP contribution < -0.4 is 4.74 Å². The van der Waals surface area contributed by atoms with Crippen LogP contribution in [-0.4, -0.2) is 29.2 Å². The molecular formula is C11H13N3O3S. The molecule has 0 atom stereocenters. The molecule has 0 fully saturated rings. The third-order valence-electron chi connectivity index (χ3n) is 2.35. The Morgan fingerprint density at radius 1 is 1.28 bits per heavy atom. The first-order valence-corrected chi connectivity index (χ1v) is 6.83. The van der Waals surface area contributed by atoms with Gasteiger partial charge in [0.2, 0.25) is 0 Å². The third-order valence-corrected chi connectivity index (χ3v) is 3.97. The second-order valence-electron chi connectivity index (χ2n) is 3.68. The molecule has 18 heavy (non-hydrogen) atoms. The average molecular weight is 267 g/mol. The van der Waals surface area contributed by atoms with Crippen LogP contribution in [0.15, 0.2) is 35.7 Å². The van der Waals surface area contributed by atoms with Crippen LogP contribution in [0.1, 0.15) is 12.5 Å². The normalized spacial score (nSPS) is 11.4.